The summed E-state index contributed by atoms with van der Waals surface area (Å²) >= 11 is 0. The van der Waals surface area contributed by atoms with Crippen LogP contribution in [0.3, 0.4) is 0 Å². The number of fused-ring (bicyclic) bond motifs is 1. The van der Waals surface area contributed by atoms with Crippen molar-refractivity contribution in [2.45, 2.75) is 26.0 Å². The van der Waals surface area contributed by atoms with Crippen molar-refractivity contribution in [3.63, 3.8) is 0 Å². The third-order valence-electron chi connectivity index (χ3n) is 4.60. The number of rotatable bonds is 7. The van der Waals surface area contributed by atoms with Gasteiger partial charge in [-0.15, -0.1) is 0 Å². The molecule has 166 valence electrons. The van der Waals surface area contributed by atoms with Gasteiger partial charge in [0.05, 0.1) is 23.4 Å². The molecule has 4 rings (SSSR count). The first-order valence-corrected chi connectivity index (χ1v) is 11.5. The van der Waals surface area contributed by atoms with Crippen molar-refractivity contribution in [1.82, 2.24) is 29.7 Å². The van der Waals surface area contributed by atoms with Gasteiger partial charge in [-0.25, -0.2) is 41.8 Å². The molecule has 0 aliphatic heterocycles. The average Bonchev–Trinajstić information content (AvgIpc) is 3.19. The normalized spacial score (nSPS) is 11.8. The molecule has 0 radical (unpaired) electrons. The Morgan fingerprint density at radius 3 is 2.66 bits per heavy atom. The van der Waals surface area contributed by atoms with Crippen molar-refractivity contribution in [1.29, 1.82) is 0 Å². The Morgan fingerprint density at radius 1 is 1.12 bits per heavy atom. The summed E-state index contributed by atoms with van der Waals surface area (Å²) in [6, 6.07) is 3.91. The molecule has 0 fully saturated rings. The summed E-state index contributed by atoms with van der Waals surface area (Å²) in [5.74, 6) is -2.26. The monoisotopic (exact) mass is 459 g/mol. The number of benzene rings is 1. The zero-order chi connectivity index (χ0) is 22.9. The van der Waals surface area contributed by atoms with Crippen LogP contribution < -0.4 is 5.32 Å². The van der Waals surface area contributed by atoms with Gasteiger partial charge in [0.25, 0.3) is 5.95 Å². The van der Waals surface area contributed by atoms with Crippen LogP contribution in [0, 0.1) is 18.6 Å². The zero-order valence-electron chi connectivity index (χ0n) is 17.2. The zero-order valence-corrected chi connectivity index (χ0v) is 18.1. The molecule has 3 aromatic heterocycles. The predicted octanol–water partition coefficient (Wildman–Crippen LogP) is 3.26. The third-order valence-corrected chi connectivity index (χ3v) is 6.38. The van der Waals surface area contributed by atoms with E-state index in [0.717, 1.165) is 17.8 Å². The third kappa shape index (κ3) is 4.40. The minimum absolute atomic E-state index is 0.0360. The fourth-order valence-electron chi connectivity index (χ4n) is 3.13. The highest BCUT2D eigenvalue weighted by molar-refractivity contribution is 7.90. The second-order valence-electron chi connectivity index (χ2n) is 7.14. The topological polar surface area (TPSA) is 116 Å². The average molecular weight is 459 g/mol. The standard InChI is InChI=1S/C20H19F2N7O2S/c1-3-8-32(30,31)10-13-4-5-14(21)17(16(13)22)26-19-18-15(24-11-25-19)9-23-20(27-18)29-7-6-12(2)28-29/h4-7,9,11H,3,8,10H2,1-2H3,(H,24,25,26). The molecule has 9 nitrogen and oxygen atoms in total. The minimum atomic E-state index is -3.52. The Labute approximate surface area is 182 Å². The van der Waals surface area contributed by atoms with Crippen LogP contribution in [0.25, 0.3) is 17.0 Å². The molecule has 32 heavy (non-hydrogen) atoms. The second-order valence-corrected chi connectivity index (χ2v) is 9.32. The lowest BCUT2D eigenvalue weighted by atomic mass is 10.2. The second kappa shape index (κ2) is 8.54. The summed E-state index contributed by atoms with van der Waals surface area (Å²) in [5.41, 5.74) is 0.661. The highest BCUT2D eigenvalue weighted by Gasteiger charge is 2.20. The van der Waals surface area contributed by atoms with E-state index in [0.29, 0.717) is 11.9 Å². The highest BCUT2D eigenvalue weighted by atomic mass is 32.2. The van der Waals surface area contributed by atoms with Crippen molar-refractivity contribution in [3.05, 3.63) is 59.8 Å². The van der Waals surface area contributed by atoms with E-state index in [1.165, 1.54) is 17.2 Å². The van der Waals surface area contributed by atoms with Gasteiger partial charge in [0, 0.05) is 11.8 Å². The molecule has 0 aliphatic carbocycles. The van der Waals surface area contributed by atoms with Crippen molar-refractivity contribution in [2.24, 2.45) is 0 Å². The summed E-state index contributed by atoms with van der Waals surface area (Å²) in [5, 5.41) is 6.85. The Bertz CT molecular complexity index is 1410. The maximum absolute atomic E-state index is 15.1. The minimum Gasteiger partial charge on any atom is -0.333 e. The summed E-state index contributed by atoms with van der Waals surface area (Å²) < 4.78 is 55.3. The number of halogens is 2. The number of hydrogen-bond acceptors (Lipinski definition) is 8. The largest absolute Gasteiger partial charge is 0.333 e. The van der Waals surface area contributed by atoms with Crippen molar-refractivity contribution in [2.75, 3.05) is 11.1 Å². The van der Waals surface area contributed by atoms with Crippen LogP contribution in [0.5, 0.6) is 0 Å². The van der Waals surface area contributed by atoms with E-state index in [1.807, 2.05) is 6.92 Å². The molecule has 0 unspecified atom stereocenters. The molecular formula is C20H19F2N7O2S. The molecule has 0 saturated carbocycles. The first kappa shape index (κ1) is 21.7. The van der Waals surface area contributed by atoms with Crippen LogP contribution in [0.2, 0.25) is 0 Å². The number of aromatic nitrogens is 6. The SMILES string of the molecule is CCCS(=O)(=O)Cc1ccc(F)c(Nc2ncnc3cnc(-n4ccc(C)n4)nc23)c1F. The number of hydrogen-bond donors (Lipinski definition) is 1. The number of anilines is 2. The van der Waals surface area contributed by atoms with Gasteiger partial charge < -0.3 is 5.32 Å². The van der Waals surface area contributed by atoms with Gasteiger partial charge in [0.1, 0.15) is 28.9 Å². The fraction of sp³-hybridized carbons (Fsp3) is 0.250. The number of nitrogens with zero attached hydrogens (tertiary/aromatic N) is 6. The quantitative estimate of drug-likeness (QED) is 0.448. The van der Waals surface area contributed by atoms with Gasteiger partial charge >= 0.3 is 0 Å². The Hall–Kier alpha value is -3.54. The summed E-state index contributed by atoms with van der Waals surface area (Å²) in [7, 11) is -3.52. The molecule has 0 amide bonds. The van der Waals surface area contributed by atoms with E-state index in [-0.39, 0.29) is 28.6 Å². The molecule has 0 saturated heterocycles. The maximum atomic E-state index is 15.1. The molecule has 3 heterocycles. The van der Waals surface area contributed by atoms with E-state index < -0.39 is 32.9 Å². The number of sulfone groups is 1. The van der Waals surface area contributed by atoms with E-state index >= 15 is 4.39 Å². The first-order chi connectivity index (χ1) is 15.3. The lowest BCUT2D eigenvalue weighted by Gasteiger charge is -2.13. The van der Waals surface area contributed by atoms with Crippen LogP contribution in [-0.4, -0.2) is 43.9 Å². The van der Waals surface area contributed by atoms with Crippen molar-refractivity contribution in [3.8, 4) is 5.95 Å². The molecule has 1 aromatic carbocycles. The van der Waals surface area contributed by atoms with Gasteiger partial charge in [-0.2, -0.15) is 5.10 Å². The lowest BCUT2D eigenvalue weighted by Crippen LogP contribution is -2.11. The molecule has 4 aromatic rings. The smallest absolute Gasteiger partial charge is 0.251 e. The summed E-state index contributed by atoms with van der Waals surface area (Å²) in [6.07, 6.45) is 4.73. The van der Waals surface area contributed by atoms with Crippen LogP contribution in [0.15, 0.2) is 36.9 Å². The van der Waals surface area contributed by atoms with E-state index in [4.69, 9.17) is 0 Å². The molecule has 0 bridgehead atoms. The van der Waals surface area contributed by atoms with Crippen LogP contribution in [0.4, 0.5) is 20.3 Å². The van der Waals surface area contributed by atoms with E-state index in [9.17, 15) is 12.8 Å². The molecule has 12 heteroatoms. The fourth-order valence-corrected chi connectivity index (χ4v) is 4.60. The van der Waals surface area contributed by atoms with E-state index in [1.54, 1.807) is 19.2 Å². The first-order valence-electron chi connectivity index (χ1n) is 9.72. The number of aryl methyl sites for hydroxylation is 1. The summed E-state index contributed by atoms with van der Waals surface area (Å²) in [6.45, 7) is 3.53. The van der Waals surface area contributed by atoms with Gasteiger partial charge in [-0.3, -0.25) is 0 Å². The molecule has 1 N–H and O–H groups in total. The predicted molar refractivity (Wildman–Crippen MR) is 114 cm³/mol. The Balaban J connectivity index is 1.75. The van der Waals surface area contributed by atoms with Crippen LogP contribution in [0.1, 0.15) is 24.6 Å². The number of nitrogens with one attached hydrogen (secondary N) is 1. The van der Waals surface area contributed by atoms with Gasteiger partial charge in [0.15, 0.2) is 21.5 Å². The van der Waals surface area contributed by atoms with Gasteiger partial charge in [-0.05, 0) is 25.5 Å². The highest BCUT2D eigenvalue weighted by Crippen LogP contribution is 2.28. The van der Waals surface area contributed by atoms with Crippen LogP contribution >= 0.6 is 0 Å². The molecule has 0 atom stereocenters. The molecular weight excluding hydrogens is 440 g/mol. The summed E-state index contributed by atoms with van der Waals surface area (Å²) in [4.78, 5) is 16.7. The van der Waals surface area contributed by atoms with Crippen molar-refractivity contribution >= 4 is 32.4 Å². The van der Waals surface area contributed by atoms with E-state index in [2.05, 4.69) is 30.4 Å². The maximum Gasteiger partial charge on any atom is 0.251 e. The van der Waals surface area contributed by atoms with Gasteiger partial charge in [-0.1, -0.05) is 13.0 Å². The molecule has 0 spiro atoms. The molecule has 0 aliphatic rings. The Kier molecular flexibility index (Phi) is 5.78. The lowest BCUT2D eigenvalue weighted by molar-refractivity contribution is 0.574. The Morgan fingerprint density at radius 2 is 1.94 bits per heavy atom. The van der Waals surface area contributed by atoms with Crippen molar-refractivity contribution < 1.29 is 17.2 Å². The van der Waals surface area contributed by atoms with Gasteiger partial charge in [0.2, 0.25) is 0 Å². The van der Waals surface area contributed by atoms with Crippen LogP contribution in [-0.2, 0) is 15.6 Å².